The first-order valence-electron chi connectivity index (χ1n) is 9.79. The molecule has 1 amide bonds. The number of hydrogen-bond acceptors (Lipinski definition) is 5. The molecule has 5 heterocycles. The highest BCUT2D eigenvalue weighted by molar-refractivity contribution is 6.04. The van der Waals surface area contributed by atoms with Gasteiger partial charge in [0, 0.05) is 38.2 Å². The van der Waals surface area contributed by atoms with Crippen LogP contribution in [0.4, 0.5) is 0 Å². The van der Waals surface area contributed by atoms with Crippen molar-refractivity contribution in [3.8, 4) is 0 Å². The van der Waals surface area contributed by atoms with E-state index in [0.29, 0.717) is 35.6 Å². The maximum atomic E-state index is 13.4. The Labute approximate surface area is 159 Å². The Morgan fingerprint density at radius 2 is 2.26 bits per heavy atom. The quantitative estimate of drug-likeness (QED) is 0.820. The van der Waals surface area contributed by atoms with Crippen LogP contribution in [0.15, 0.2) is 12.3 Å². The first kappa shape index (κ1) is 17.1. The van der Waals surface area contributed by atoms with E-state index >= 15 is 0 Å². The molecular weight excluding hydrogens is 342 g/mol. The molecule has 4 atom stereocenters. The molecule has 144 valence electrons. The number of likely N-dealkylation sites (tertiary alicyclic amines) is 1. The highest BCUT2D eigenvalue weighted by atomic mass is 16.5. The van der Waals surface area contributed by atoms with Crippen LogP contribution in [0.5, 0.6) is 0 Å². The summed E-state index contributed by atoms with van der Waals surface area (Å²) in [6.45, 7) is 4.45. The van der Waals surface area contributed by atoms with Crippen molar-refractivity contribution in [3.63, 3.8) is 0 Å². The number of nitrogens with zero attached hydrogens (tertiary/aromatic N) is 5. The Morgan fingerprint density at radius 1 is 1.44 bits per heavy atom. The molecule has 1 spiro atoms. The highest BCUT2D eigenvalue weighted by Gasteiger charge is 2.63. The first-order chi connectivity index (χ1) is 12.9. The lowest BCUT2D eigenvalue weighted by molar-refractivity contribution is 0.00258. The van der Waals surface area contributed by atoms with Crippen molar-refractivity contribution in [2.75, 3.05) is 33.7 Å². The minimum Gasteiger partial charge on any atom is -0.369 e. The van der Waals surface area contributed by atoms with Crippen molar-refractivity contribution in [1.82, 2.24) is 24.3 Å². The molecule has 0 saturated carbocycles. The molecule has 0 radical (unpaired) electrons. The summed E-state index contributed by atoms with van der Waals surface area (Å²) in [5, 5.41) is 0. The number of pyridine rings is 1. The van der Waals surface area contributed by atoms with Crippen LogP contribution in [0.25, 0.3) is 11.2 Å². The molecule has 3 aliphatic heterocycles. The van der Waals surface area contributed by atoms with Crippen LogP contribution in [0.3, 0.4) is 0 Å². The van der Waals surface area contributed by atoms with Crippen molar-refractivity contribution >= 4 is 17.1 Å². The highest BCUT2D eigenvalue weighted by Crippen LogP contribution is 2.55. The number of aromatic nitrogens is 3. The fourth-order valence-electron chi connectivity index (χ4n) is 5.54. The summed E-state index contributed by atoms with van der Waals surface area (Å²) < 4.78 is 8.40. The Balaban J connectivity index is 1.46. The zero-order valence-electron chi connectivity index (χ0n) is 16.5. The Kier molecular flexibility index (Phi) is 3.65. The van der Waals surface area contributed by atoms with Gasteiger partial charge < -0.3 is 19.1 Å². The van der Waals surface area contributed by atoms with Crippen LogP contribution in [-0.4, -0.2) is 75.7 Å². The van der Waals surface area contributed by atoms with E-state index in [1.807, 2.05) is 23.4 Å². The smallest absolute Gasteiger partial charge is 0.256 e. The summed E-state index contributed by atoms with van der Waals surface area (Å²) in [7, 11) is 6.17. The number of imidazole rings is 1. The van der Waals surface area contributed by atoms with Crippen molar-refractivity contribution in [2.45, 2.75) is 31.5 Å². The van der Waals surface area contributed by atoms with E-state index in [1.54, 1.807) is 12.3 Å². The van der Waals surface area contributed by atoms with E-state index < -0.39 is 0 Å². The SMILES string of the molecule is Cc1nc2c(C(=O)N3C[C@H]4[C@@H](CN(C)C)[C@@H]5CC[C@@]4(C3)O5)ccnc2n1C. The molecule has 3 aliphatic rings. The standard InChI is InChI=1S/C20H27N5O2/c1-12-22-17-13(6-8-21-18(17)24(12)4)19(26)25-10-15-14(9-23(2)3)16-5-7-20(15,11-25)27-16/h6,8,14-16H,5,7,9-11H2,1-4H3/t14-,15+,16+,20+/m1/s1. The Hall–Kier alpha value is -1.99. The molecule has 27 heavy (non-hydrogen) atoms. The third-order valence-electron chi connectivity index (χ3n) is 6.86. The lowest BCUT2D eigenvalue weighted by Gasteiger charge is -2.30. The van der Waals surface area contributed by atoms with Crippen LogP contribution >= 0.6 is 0 Å². The molecule has 7 heteroatoms. The average Bonchev–Trinajstić information content (AvgIpc) is 3.35. The average molecular weight is 369 g/mol. The van der Waals surface area contributed by atoms with Gasteiger partial charge >= 0.3 is 0 Å². The molecule has 0 unspecified atom stereocenters. The van der Waals surface area contributed by atoms with Gasteiger partial charge in [0.25, 0.3) is 5.91 Å². The van der Waals surface area contributed by atoms with E-state index in [0.717, 1.165) is 37.4 Å². The Bertz CT molecular complexity index is 922. The second-order valence-electron chi connectivity index (χ2n) is 8.73. The monoisotopic (exact) mass is 369 g/mol. The molecule has 3 saturated heterocycles. The molecule has 0 aliphatic carbocycles. The molecule has 5 rings (SSSR count). The third-order valence-corrected chi connectivity index (χ3v) is 6.86. The van der Waals surface area contributed by atoms with Crippen LogP contribution < -0.4 is 0 Å². The van der Waals surface area contributed by atoms with Gasteiger partial charge in [0.05, 0.1) is 23.8 Å². The van der Waals surface area contributed by atoms with E-state index in [2.05, 4.69) is 29.0 Å². The van der Waals surface area contributed by atoms with Crippen molar-refractivity contribution in [1.29, 1.82) is 0 Å². The zero-order chi connectivity index (χ0) is 18.9. The van der Waals surface area contributed by atoms with Crippen LogP contribution in [-0.2, 0) is 11.8 Å². The van der Waals surface area contributed by atoms with Gasteiger partial charge in [0.1, 0.15) is 11.3 Å². The molecule has 7 nitrogen and oxygen atoms in total. The lowest BCUT2D eigenvalue weighted by atomic mass is 9.73. The van der Waals surface area contributed by atoms with E-state index in [4.69, 9.17) is 4.74 Å². The fourth-order valence-corrected chi connectivity index (χ4v) is 5.54. The number of carbonyl (C=O) groups is 1. The minimum atomic E-state index is -0.132. The predicted molar refractivity (Wildman–Crippen MR) is 102 cm³/mol. The van der Waals surface area contributed by atoms with Gasteiger partial charge in [-0.1, -0.05) is 0 Å². The summed E-state index contributed by atoms with van der Waals surface area (Å²) in [6, 6.07) is 1.80. The number of hydrogen-bond donors (Lipinski definition) is 0. The van der Waals surface area contributed by atoms with Crippen LogP contribution in [0.1, 0.15) is 29.0 Å². The maximum absolute atomic E-state index is 13.4. The van der Waals surface area contributed by atoms with Gasteiger partial charge in [0.15, 0.2) is 5.65 Å². The molecule has 0 N–H and O–H groups in total. The van der Waals surface area contributed by atoms with E-state index in [9.17, 15) is 4.79 Å². The number of fused-ring (bicyclic) bond motifs is 2. The minimum absolute atomic E-state index is 0.0555. The number of rotatable bonds is 3. The van der Waals surface area contributed by atoms with Crippen molar-refractivity contribution in [2.24, 2.45) is 18.9 Å². The molecular formula is C20H27N5O2. The van der Waals surface area contributed by atoms with E-state index in [1.165, 1.54) is 0 Å². The maximum Gasteiger partial charge on any atom is 0.256 e. The summed E-state index contributed by atoms with van der Waals surface area (Å²) in [6.07, 6.45) is 4.27. The number of aryl methyl sites for hydroxylation is 2. The lowest BCUT2D eigenvalue weighted by Crippen LogP contribution is -2.40. The molecule has 2 aromatic rings. The number of amides is 1. The van der Waals surface area contributed by atoms with Gasteiger partial charge in [-0.25, -0.2) is 9.97 Å². The van der Waals surface area contributed by atoms with Crippen molar-refractivity contribution < 1.29 is 9.53 Å². The topological polar surface area (TPSA) is 63.5 Å². The van der Waals surface area contributed by atoms with Gasteiger partial charge in [0.2, 0.25) is 0 Å². The number of carbonyl (C=O) groups excluding carboxylic acids is 1. The van der Waals surface area contributed by atoms with E-state index in [-0.39, 0.29) is 11.5 Å². The fraction of sp³-hybridized carbons (Fsp3) is 0.650. The largest absolute Gasteiger partial charge is 0.369 e. The summed E-state index contributed by atoms with van der Waals surface area (Å²) in [5.74, 6) is 1.87. The summed E-state index contributed by atoms with van der Waals surface area (Å²) in [4.78, 5) is 26.6. The normalized spacial score (nSPS) is 32.0. The predicted octanol–water partition coefficient (Wildman–Crippen LogP) is 1.46. The Morgan fingerprint density at radius 3 is 3.04 bits per heavy atom. The second kappa shape index (κ2) is 5.75. The van der Waals surface area contributed by atoms with Crippen molar-refractivity contribution in [3.05, 3.63) is 23.7 Å². The molecule has 2 aromatic heterocycles. The first-order valence-corrected chi connectivity index (χ1v) is 9.79. The van der Waals surface area contributed by atoms with Crippen LogP contribution in [0.2, 0.25) is 0 Å². The molecule has 0 aromatic carbocycles. The second-order valence-corrected chi connectivity index (χ2v) is 8.73. The molecule has 3 fully saturated rings. The van der Waals surface area contributed by atoms with Gasteiger partial charge in [-0.2, -0.15) is 0 Å². The van der Waals surface area contributed by atoms with Gasteiger partial charge in [-0.3, -0.25) is 4.79 Å². The zero-order valence-corrected chi connectivity index (χ0v) is 16.5. The van der Waals surface area contributed by atoms with Gasteiger partial charge in [-0.15, -0.1) is 0 Å². The summed E-state index contributed by atoms with van der Waals surface area (Å²) in [5.41, 5.74) is 1.98. The summed E-state index contributed by atoms with van der Waals surface area (Å²) >= 11 is 0. The third kappa shape index (κ3) is 2.37. The van der Waals surface area contributed by atoms with Crippen LogP contribution in [0, 0.1) is 18.8 Å². The van der Waals surface area contributed by atoms with Gasteiger partial charge in [-0.05, 0) is 39.9 Å². The number of ether oxygens (including phenoxy) is 1. The molecule has 2 bridgehead atoms.